The summed E-state index contributed by atoms with van der Waals surface area (Å²) in [5, 5.41) is 10.2. The van der Waals surface area contributed by atoms with E-state index in [1.807, 2.05) is 13.0 Å². The summed E-state index contributed by atoms with van der Waals surface area (Å²) in [6, 6.07) is 6.83. The lowest BCUT2D eigenvalue weighted by molar-refractivity contribution is 0.136. The van der Waals surface area contributed by atoms with E-state index in [4.69, 9.17) is 9.47 Å². The molecule has 0 aromatic heterocycles. The maximum absolute atomic E-state index is 10.2. The van der Waals surface area contributed by atoms with Crippen molar-refractivity contribution in [3.05, 3.63) is 35.9 Å². The first-order valence-corrected chi connectivity index (χ1v) is 10.6. The molecule has 2 aliphatic carbocycles. The summed E-state index contributed by atoms with van der Waals surface area (Å²) >= 11 is 0. The average molecular weight is 372 g/mol. The SMILES string of the molecule is CCOc1ccc([C@@]23C=C[C@@H](O)CC2N(C)CC3)cc1OC1CCCCC1. The summed E-state index contributed by atoms with van der Waals surface area (Å²) in [5.74, 6) is 1.74. The Morgan fingerprint density at radius 3 is 2.78 bits per heavy atom. The molecule has 4 nitrogen and oxygen atoms in total. The highest BCUT2D eigenvalue weighted by Gasteiger charge is 2.48. The smallest absolute Gasteiger partial charge is 0.161 e. The second-order valence-corrected chi connectivity index (χ2v) is 8.42. The third-order valence-electron chi connectivity index (χ3n) is 6.71. The Balaban J connectivity index is 1.68. The van der Waals surface area contributed by atoms with E-state index in [1.165, 1.54) is 24.8 Å². The fourth-order valence-electron chi connectivity index (χ4n) is 5.21. The highest BCUT2D eigenvalue weighted by Crippen LogP contribution is 2.47. The summed E-state index contributed by atoms with van der Waals surface area (Å²) < 4.78 is 12.3. The molecule has 0 spiro atoms. The number of benzene rings is 1. The van der Waals surface area contributed by atoms with Gasteiger partial charge in [0.25, 0.3) is 0 Å². The molecular formula is C23H33NO3. The summed E-state index contributed by atoms with van der Waals surface area (Å²) in [6.45, 7) is 3.71. The van der Waals surface area contributed by atoms with Gasteiger partial charge in [-0.2, -0.15) is 0 Å². The second-order valence-electron chi connectivity index (χ2n) is 8.42. The third kappa shape index (κ3) is 3.62. The van der Waals surface area contributed by atoms with Crippen LogP contribution in [0.3, 0.4) is 0 Å². The number of hydrogen-bond acceptors (Lipinski definition) is 4. The van der Waals surface area contributed by atoms with E-state index in [2.05, 4.69) is 36.2 Å². The van der Waals surface area contributed by atoms with E-state index < -0.39 is 0 Å². The van der Waals surface area contributed by atoms with Crippen LogP contribution in [-0.2, 0) is 5.41 Å². The molecule has 148 valence electrons. The molecule has 4 heteroatoms. The van der Waals surface area contributed by atoms with Crippen molar-refractivity contribution in [1.29, 1.82) is 0 Å². The van der Waals surface area contributed by atoms with E-state index in [0.717, 1.165) is 43.7 Å². The minimum absolute atomic E-state index is 0.0383. The zero-order valence-electron chi connectivity index (χ0n) is 16.7. The van der Waals surface area contributed by atoms with Crippen LogP contribution in [-0.4, -0.2) is 48.5 Å². The predicted molar refractivity (Wildman–Crippen MR) is 108 cm³/mol. The molecular weight excluding hydrogens is 338 g/mol. The minimum atomic E-state index is -0.343. The molecule has 1 saturated heterocycles. The monoisotopic (exact) mass is 371 g/mol. The Labute approximate surface area is 163 Å². The molecule has 3 atom stereocenters. The lowest BCUT2D eigenvalue weighted by Gasteiger charge is -2.40. The molecule has 1 N–H and O–H groups in total. The predicted octanol–water partition coefficient (Wildman–Crippen LogP) is 4.06. The number of aliphatic hydroxyl groups is 1. The molecule has 27 heavy (non-hydrogen) atoms. The summed E-state index contributed by atoms with van der Waals surface area (Å²) in [6.07, 6.45) is 12.2. The van der Waals surface area contributed by atoms with Gasteiger partial charge in [0.2, 0.25) is 0 Å². The number of nitrogens with zero attached hydrogens (tertiary/aromatic N) is 1. The van der Waals surface area contributed by atoms with Crippen LogP contribution in [0.2, 0.25) is 0 Å². The van der Waals surface area contributed by atoms with Gasteiger partial charge in [-0.15, -0.1) is 0 Å². The second kappa shape index (κ2) is 7.84. The van der Waals surface area contributed by atoms with Crippen LogP contribution in [0.15, 0.2) is 30.4 Å². The summed E-state index contributed by atoms with van der Waals surface area (Å²) in [5.41, 5.74) is 1.25. The van der Waals surface area contributed by atoms with Gasteiger partial charge in [0.05, 0.1) is 18.8 Å². The lowest BCUT2D eigenvalue weighted by atomic mass is 9.69. The maximum atomic E-state index is 10.2. The van der Waals surface area contributed by atoms with E-state index in [0.29, 0.717) is 18.8 Å². The fourth-order valence-corrected chi connectivity index (χ4v) is 5.21. The van der Waals surface area contributed by atoms with Crippen LogP contribution in [0.5, 0.6) is 11.5 Å². The Bertz CT molecular complexity index is 682. The first-order chi connectivity index (χ1) is 13.1. The number of fused-ring (bicyclic) bond motifs is 1. The van der Waals surface area contributed by atoms with Crippen LogP contribution >= 0.6 is 0 Å². The molecule has 3 aliphatic rings. The molecule has 0 radical (unpaired) electrons. The number of likely N-dealkylation sites (N-methyl/N-ethyl adjacent to an activating group) is 1. The van der Waals surface area contributed by atoms with Crippen molar-refractivity contribution in [3.8, 4) is 11.5 Å². The zero-order valence-corrected chi connectivity index (χ0v) is 16.7. The number of likely N-dealkylation sites (tertiary alicyclic amines) is 1. The van der Waals surface area contributed by atoms with Gasteiger partial charge in [0.1, 0.15) is 0 Å². The average Bonchev–Trinajstić information content (AvgIpc) is 3.02. The Morgan fingerprint density at radius 2 is 2.00 bits per heavy atom. The van der Waals surface area contributed by atoms with Gasteiger partial charge >= 0.3 is 0 Å². The molecule has 4 rings (SSSR count). The molecule has 1 aliphatic heterocycles. The van der Waals surface area contributed by atoms with Gasteiger partial charge in [0, 0.05) is 11.5 Å². The lowest BCUT2D eigenvalue weighted by Crippen LogP contribution is -2.44. The first kappa shape index (κ1) is 18.8. The van der Waals surface area contributed by atoms with Crippen molar-refractivity contribution >= 4 is 0 Å². The van der Waals surface area contributed by atoms with Crippen molar-refractivity contribution in [2.45, 2.75) is 75.5 Å². The molecule has 1 aromatic rings. The van der Waals surface area contributed by atoms with Crippen LogP contribution in [0.1, 0.15) is 57.4 Å². The largest absolute Gasteiger partial charge is 0.490 e. The van der Waals surface area contributed by atoms with Crippen LogP contribution < -0.4 is 9.47 Å². The standard InChI is InChI=1S/C23H33NO3/c1-3-26-20-10-9-17(15-21(20)27-19-7-5-4-6-8-19)23-12-11-18(25)16-22(23)24(2)14-13-23/h9-12,15,18-19,22,25H,3-8,13-14,16H2,1-2H3/t18-,22?,23+/m1/s1. The van der Waals surface area contributed by atoms with Crippen molar-refractivity contribution in [2.24, 2.45) is 0 Å². The van der Waals surface area contributed by atoms with Gasteiger partial charge in [-0.1, -0.05) is 24.6 Å². The number of rotatable bonds is 5. The highest BCUT2D eigenvalue weighted by atomic mass is 16.5. The minimum Gasteiger partial charge on any atom is -0.490 e. The van der Waals surface area contributed by atoms with Crippen LogP contribution in [0.4, 0.5) is 0 Å². The van der Waals surface area contributed by atoms with Gasteiger partial charge in [-0.3, -0.25) is 0 Å². The van der Waals surface area contributed by atoms with E-state index >= 15 is 0 Å². The molecule has 1 saturated carbocycles. The van der Waals surface area contributed by atoms with Crippen LogP contribution in [0, 0.1) is 0 Å². The molecule has 1 heterocycles. The molecule has 1 unspecified atom stereocenters. The first-order valence-electron chi connectivity index (χ1n) is 10.6. The summed E-state index contributed by atoms with van der Waals surface area (Å²) in [7, 11) is 2.17. The normalized spacial score (nSPS) is 31.7. The number of hydrogen-bond donors (Lipinski definition) is 1. The van der Waals surface area contributed by atoms with E-state index in [9.17, 15) is 5.11 Å². The quantitative estimate of drug-likeness (QED) is 0.793. The Hall–Kier alpha value is -1.52. The summed E-state index contributed by atoms with van der Waals surface area (Å²) in [4.78, 5) is 2.39. The van der Waals surface area contributed by atoms with Crippen molar-refractivity contribution in [2.75, 3.05) is 20.2 Å². The highest BCUT2D eigenvalue weighted by molar-refractivity contribution is 5.49. The zero-order chi connectivity index (χ0) is 18.9. The molecule has 0 amide bonds. The Kier molecular flexibility index (Phi) is 5.47. The fraction of sp³-hybridized carbons (Fsp3) is 0.652. The van der Waals surface area contributed by atoms with E-state index in [-0.39, 0.29) is 11.5 Å². The van der Waals surface area contributed by atoms with Crippen molar-refractivity contribution in [1.82, 2.24) is 4.90 Å². The Morgan fingerprint density at radius 1 is 1.19 bits per heavy atom. The number of ether oxygens (including phenoxy) is 2. The van der Waals surface area contributed by atoms with Crippen LogP contribution in [0.25, 0.3) is 0 Å². The number of aliphatic hydroxyl groups excluding tert-OH is 1. The van der Waals surface area contributed by atoms with Crippen molar-refractivity contribution in [3.63, 3.8) is 0 Å². The molecule has 1 aromatic carbocycles. The maximum Gasteiger partial charge on any atom is 0.161 e. The topological polar surface area (TPSA) is 41.9 Å². The van der Waals surface area contributed by atoms with Gasteiger partial charge in [0.15, 0.2) is 11.5 Å². The third-order valence-corrected chi connectivity index (χ3v) is 6.71. The molecule has 2 fully saturated rings. The van der Waals surface area contributed by atoms with Gasteiger partial charge < -0.3 is 19.5 Å². The van der Waals surface area contributed by atoms with Gasteiger partial charge in [-0.05, 0) is 76.7 Å². The molecule has 0 bridgehead atoms. The van der Waals surface area contributed by atoms with E-state index in [1.54, 1.807) is 0 Å². The van der Waals surface area contributed by atoms with Crippen molar-refractivity contribution < 1.29 is 14.6 Å². The van der Waals surface area contributed by atoms with Gasteiger partial charge in [-0.25, -0.2) is 0 Å².